The Morgan fingerprint density at radius 3 is 2.64 bits per heavy atom. The first kappa shape index (κ1) is 14.6. The van der Waals surface area contributed by atoms with Crippen LogP contribution in [0.4, 0.5) is 11.8 Å². The monoisotopic (exact) mass is 298 g/mol. The SMILES string of the molecule is COc1ccc(CCNc2cc(C)nc(NC3CC3)n2)cc1. The van der Waals surface area contributed by atoms with Crippen molar-refractivity contribution in [3.8, 4) is 5.75 Å². The van der Waals surface area contributed by atoms with E-state index in [0.717, 1.165) is 36.2 Å². The van der Waals surface area contributed by atoms with E-state index in [-0.39, 0.29) is 0 Å². The minimum absolute atomic E-state index is 0.564. The van der Waals surface area contributed by atoms with Gasteiger partial charge < -0.3 is 15.4 Å². The number of hydrogen-bond acceptors (Lipinski definition) is 5. The van der Waals surface area contributed by atoms with E-state index in [1.165, 1.54) is 18.4 Å². The number of anilines is 2. The standard InChI is InChI=1S/C17H22N4O/c1-12-11-16(21-17(19-12)20-14-5-6-14)18-10-9-13-3-7-15(22-2)8-4-13/h3-4,7-8,11,14H,5-6,9-10H2,1-2H3,(H2,18,19,20,21). The molecule has 0 atom stereocenters. The first-order valence-corrected chi connectivity index (χ1v) is 7.72. The molecule has 22 heavy (non-hydrogen) atoms. The number of methoxy groups -OCH3 is 1. The van der Waals surface area contributed by atoms with Gasteiger partial charge in [-0.1, -0.05) is 12.1 Å². The summed E-state index contributed by atoms with van der Waals surface area (Å²) in [5, 5.41) is 6.72. The molecule has 1 aromatic heterocycles. The Labute approximate surface area is 131 Å². The highest BCUT2D eigenvalue weighted by Crippen LogP contribution is 2.23. The smallest absolute Gasteiger partial charge is 0.225 e. The summed E-state index contributed by atoms with van der Waals surface area (Å²) in [5.41, 5.74) is 2.25. The van der Waals surface area contributed by atoms with Crippen LogP contribution in [0.1, 0.15) is 24.1 Å². The van der Waals surface area contributed by atoms with Gasteiger partial charge in [0, 0.05) is 24.3 Å². The van der Waals surface area contributed by atoms with E-state index < -0.39 is 0 Å². The Balaban J connectivity index is 1.54. The number of rotatable bonds is 7. The predicted octanol–water partition coefficient (Wildman–Crippen LogP) is 3.02. The fourth-order valence-corrected chi connectivity index (χ4v) is 2.26. The van der Waals surface area contributed by atoms with E-state index in [1.54, 1.807) is 7.11 Å². The average Bonchev–Trinajstić information content (AvgIpc) is 3.31. The molecule has 1 fully saturated rings. The Morgan fingerprint density at radius 1 is 1.18 bits per heavy atom. The molecule has 1 aliphatic carbocycles. The predicted molar refractivity (Wildman–Crippen MR) is 88.6 cm³/mol. The summed E-state index contributed by atoms with van der Waals surface area (Å²) < 4.78 is 5.17. The molecule has 0 aliphatic heterocycles. The third-order valence-corrected chi connectivity index (χ3v) is 3.64. The van der Waals surface area contributed by atoms with Crippen LogP contribution in [0.3, 0.4) is 0 Å². The third-order valence-electron chi connectivity index (χ3n) is 3.64. The van der Waals surface area contributed by atoms with Gasteiger partial charge in [-0.05, 0) is 43.9 Å². The second kappa shape index (κ2) is 6.64. The fraction of sp³-hybridized carbons (Fsp3) is 0.412. The zero-order chi connectivity index (χ0) is 15.4. The molecule has 1 heterocycles. The lowest BCUT2D eigenvalue weighted by atomic mass is 10.1. The molecule has 5 heteroatoms. The highest BCUT2D eigenvalue weighted by Gasteiger charge is 2.22. The second-order valence-electron chi connectivity index (χ2n) is 5.66. The van der Waals surface area contributed by atoms with E-state index in [9.17, 15) is 0 Å². The molecular formula is C17H22N4O. The summed E-state index contributed by atoms with van der Waals surface area (Å²) in [6, 6.07) is 10.7. The van der Waals surface area contributed by atoms with Crippen molar-refractivity contribution >= 4 is 11.8 Å². The van der Waals surface area contributed by atoms with Crippen LogP contribution in [-0.2, 0) is 6.42 Å². The summed E-state index contributed by atoms with van der Waals surface area (Å²) in [6.45, 7) is 2.83. The van der Waals surface area contributed by atoms with Crippen LogP contribution in [0.2, 0.25) is 0 Å². The van der Waals surface area contributed by atoms with Crippen molar-refractivity contribution in [3.05, 3.63) is 41.6 Å². The maximum absolute atomic E-state index is 5.17. The Bertz CT molecular complexity index is 623. The van der Waals surface area contributed by atoms with Crippen LogP contribution in [0, 0.1) is 6.92 Å². The molecule has 0 spiro atoms. The molecule has 2 N–H and O–H groups in total. The van der Waals surface area contributed by atoms with Gasteiger partial charge in [-0.2, -0.15) is 4.98 Å². The van der Waals surface area contributed by atoms with Crippen LogP contribution in [-0.4, -0.2) is 29.7 Å². The van der Waals surface area contributed by atoms with Gasteiger partial charge in [-0.3, -0.25) is 0 Å². The lowest BCUT2D eigenvalue weighted by Crippen LogP contribution is -2.11. The van der Waals surface area contributed by atoms with E-state index in [0.29, 0.717) is 6.04 Å². The number of nitrogens with zero attached hydrogens (tertiary/aromatic N) is 2. The van der Waals surface area contributed by atoms with Crippen molar-refractivity contribution in [2.24, 2.45) is 0 Å². The summed E-state index contributed by atoms with van der Waals surface area (Å²) in [5.74, 6) is 2.50. The van der Waals surface area contributed by atoms with Crippen molar-refractivity contribution in [3.63, 3.8) is 0 Å². The number of nitrogens with one attached hydrogen (secondary N) is 2. The molecule has 1 saturated carbocycles. The van der Waals surface area contributed by atoms with Gasteiger partial charge in [-0.15, -0.1) is 0 Å². The van der Waals surface area contributed by atoms with Crippen LogP contribution in [0.25, 0.3) is 0 Å². The van der Waals surface area contributed by atoms with Gasteiger partial charge >= 0.3 is 0 Å². The number of hydrogen-bond donors (Lipinski definition) is 2. The Hall–Kier alpha value is -2.30. The van der Waals surface area contributed by atoms with Gasteiger partial charge in [0.1, 0.15) is 11.6 Å². The van der Waals surface area contributed by atoms with Gasteiger partial charge in [0.25, 0.3) is 0 Å². The number of ether oxygens (including phenoxy) is 1. The highest BCUT2D eigenvalue weighted by molar-refractivity contribution is 5.43. The minimum atomic E-state index is 0.564. The number of benzene rings is 1. The van der Waals surface area contributed by atoms with Crippen molar-refractivity contribution in [1.29, 1.82) is 0 Å². The van der Waals surface area contributed by atoms with E-state index in [2.05, 4.69) is 32.7 Å². The number of aromatic nitrogens is 2. The lowest BCUT2D eigenvalue weighted by Gasteiger charge is -2.09. The van der Waals surface area contributed by atoms with Gasteiger partial charge in [0.2, 0.25) is 5.95 Å². The Kier molecular flexibility index (Phi) is 4.42. The molecule has 0 unspecified atom stereocenters. The maximum Gasteiger partial charge on any atom is 0.225 e. The molecule has 0 amide bonds. The topological polar surface area (TPSA) is 59.1 Å². The van der Waals surface area contributed by atoms with Crippen LogP contribution >= 0.6 is 0 Å². The minimum Gasteiger partial charge on any atom is -0.497 e. The second-order valence-corrected chi connectivity index (χ2v) is 5.66. The quantitative estimate of drug-likeness (QED) is 0.823. The van der Waals surface area contributed by atoms with E-state index >= 15 is 0 Å². The van der Waals surface area contributed by atoms with Gasteiger partial charge in [0.05, 0.1) is 7.11 Å². The van der Waals surface area contributed by atoms with Crippen molar-refractivity contribution in [1.82, 2.24) is 9.97 Å². The first-order valence-electron chi connectivity index (χ1n) is 7.72. The molecule has 116 valence electrons. The summed E-state index contributed by atoms with van der Waals surface area (Å²) in [6.07, 6.45) is 3.38. The van der Waals surface area contributed by atoms with E-state index in [1.807, 2.05) is 25.1 Å². The van der Waals surface area contributed by atoms with Crippen LogP contribution < -0.4 is 15.4 Å². The third kappa shape index (κ3) is 4.10. The molecule has 5 nitrogen and oxygen atoms in total. The van der Waals surface area contributed by atoms with Crippen molar-refractivity contribution < 1.29 is 4.74 Å². The first-order chi connectivity index (χ1) is 10.7. The highest BCUT2D eigenvalue weighted by atomic mass is 16.5. The zero-order valence-corrected chi connectivity index (χ0v) is 13.1. The average molecular weight is 298 g/mol. The molecule has 0 bridgehead atoms. The molecule has 2 aromatic rings. The largest absolute Gasteiger partial charge is 0.497 e. The zero-order valence-electron chi connectivity index (χ0n) is 13.1. The van der Waals surface area contributed by atoms with Crippen molar-refractivity contribution in [2.75, 3.05) is 24.3 Å². The summed E-state index contributed by atoms with van der Waals surface area (Å²) in [4.78, 5) is 8.94. The summed E-state index contributed by atoms with van der Waals surface area (Å²) in [7, 11) is 1.68. The molecular weight excluding hydrogens is 276 g/mol. The summed E-state index contributed by atoms with van der Waals surface area (Å²) >= 11 is 0. The van der Waals surface area contributed by atoms with Crippen LogP contribution in [0.15, 0.2) is 30.3 Å². The lowest BCUT2D eigenvalue weighted by molar-refractivity contribution is 0.414. The van der Waals surface area contributed by atoms with Crippen molar-refractivity contribution in [2.45, 2.75) is 32.2 Å². The van der Waals surface area contributed by atoms with Gasteiger partial charge in [0.15, 0.2) is 0 Å². The Morgan fingerprint density at radius 2 is 1.95 bits per heavy atom. The van der Waals surface area contributed by atoms with Gasteiger partial charge in [-0.25, -0.2) is 4.98 Å². The molecule has 0 saturated heterocycles. The fourth-order valence-electron chi connectivity index (χ4n) is 2.26. The van der Waals surface area contributed by atoms with Crippen LogP contribution in [0.5, 0.6) is 5.75 Å². The molecule has 0 radical (unpaired) electrons. The molecule has 3 rings (SSSR count). The van der Waals surface area contributed by atoms with E-state index in [4.69, 9.17) is 4.74 Å². The number of aryl methyl sites for hydroxylation is 1. The maximum atomic E-state index is 5.17. The normalized spacial score (nSPS) is 13.7. The molecule has 1 aromatic carbocycles. The molecule has 1 aliphatic rings.